The zero-order valence-corrected chi connectivity index (χ0v) is 14.6. The Bertz CT molecular complexity index is 551. The Morgan fingerprint density at radius 2 is 2.46 bits per heavy atom. The molecule has 1 aromatic rings. The Labute approximate surface area is 144 Å². The van der Waals surface area contributed by atoms with E-state index in [-0.39, 0.29) is 5.41 Å². The summed E-state index contributed by atoms with van der Waals surface area (Å²) in [5.74, 6) is 0.719. The number of likely N-dealkylation sites (tertiary alicyclic amines) is 1. The summed E-state index contributed by atoms with van der Waals surface area (Å²) in [5.41, 5.74) is 1.23. The number of methoxy groups -OCH3 is 1. The molecule has 0 aromatic carbocycles. The van der Waals surface area contributed by atoms with Gasteiger partial charge in [0, 0.05) is 43.4 Å². The first-order valence-corrected chi connectivity index (χ1v) is 8.78. The highest BCUT2D eigenvalue weighted by atomic mass is 16.5. The number of piperidine rings is 1. The van der Waals surface area contributed by atoms with Gasteiger partial charge in [-0.3, -0.25) is 4.90 Å². The molecule has 132 valence electrons. The lowest BCUT2D eigenvalue weighted by molar-refractivity contribution is -0.152. The Morgan fingerprint density at radius 3 is 3.29 bits per heavy atom. The molecule has 0 unspecified atom stereocenters. The molecule has 0 bridgehead atoms. The maximum absolute atomic E-state index is 6.09. The van der Waals surface area contributed by atoms with Crippen molar-refractivity contribution in [3.05, 3.63) is 36.5 Å². The fourth-order valence-electron chi connectivity index (χ4n) is 4.04. The molecule has 0 aliphatic carbocycles. The largest absolute Gasteiger partial charge is 0.481 e. The molecule has 2 atom stereocenters. The van der Waals surface area contributed by atoms with E-state index in [0.717, 1.165) is 63.6 Å². The Morgan fingerprint density at radius 1 is 1.54 bits per heavy atom. The molecule has 0 saturated carbocycles. The fraction of sp³-hybridized carbons (Fsp3) is 0.632. The third kappa shape index (κ3) is 3.79. The van der Waals surface area contributed by atoms with E-state index in [9.17, 15) is 0 Å². The first-order valence-electron chi connectivity index (χ1n) is 8.78. The van der Waals surface area contributed by atoms with Crippen molar-refractivity contribution in [2.75, 3.05) is 40.0 Å². The summed E-state index contributed by atoms with van der Waals surface area (Å²) in [6, 6.07) is 4.06. The SMILES string of the molecule is C=CCOC[C@]12CCCO[C@H]1CCN(Cc1cccnc1OC)C2. The molecule has 2 aliphatic heterocycles. The Balaban J connectivity index is 1.71. The molecule has 0 radical (unpaired) electrons. The van der Waals surface area contributed by atoms with Gasteiger partial charge in [-0.15, -0.1) is 6.58 Å². The van der Waals surface area contributed by atoms with Crippen LogP contribution >= 0.6 is 0 Å². The van der Waals surface area contributed by atoms with E-state index in [4.69, 9.17) is 14.2 Å². The second kappa shape index (κ2) is 8.10. The van der Waals surface area contributed by atoms with Crippen molar-refractivity contribution in [3.8, 4) is 5.88 Å². The molecule has 5 nitrogen and oxygen atoms in total. The van der Waals surface area contributed by atoms with E-state index >= 15 is 0 Å². The Hall–Kier alpha value is -1.43. The molecule has 0 N–H and O–H groups in total. The highest BCUT2D eigenvalue weighted by molar-refractivity contribution is 5.25. The van der Waals surface area contributed by atoms with Crippen molar-refractivity contribution >= 4 is 0 Å². The van der Waals surface area contributed by atoms with Crippen molar-refractivity contribution in [2.24, 2.45) is 5.41 Å². The van der Waals surface area contributed by atoms with Crippen LogP contribution in [0.15, 0.2) is 31.0 Å². The third-order valence-corrected chi connectivity index (χ3v) is 5.13. The zero-order chi connectivity index (χ0) is 16.8. The van der Waals surface area contributed by atoms with Crippen molar-refractivity contribution < 1.29 is 14.2 Å². The molecular weight excluding hydrogens is 304 g/mol. The lowest BCUT2D eigenvalue weighted by Gasteiger charge is -2.50. The first-order chi connectivity index (χ1) is 11.8. The molecule has 0 amide bonds. The molecular formula is C19H28N2O3. The monoisotopic (exact) mass is 332 g/mol. The molecule has 5 heteroatoms. The van der Waals surface area contributed by atoms with Crippen LogP contribution in [0.1, 0.15) is 24.8 Å². The van der Waals surface area contributed by atoms with E-state index in [1.165, 1.54) is 0 Å². The van der Waals surface area contributed by atoms with Gasteiger partial charge in [-0.05, 0) is 25.3 Å². The number of pyridine rings is 1. The van der Waals surface area contributed by atoms with Gasteiger partial charge in [0.2, 0.25) is 5.88 Å². The van der Waals surface area contributed by atoms with Crippen molar-refractivity contribution in [1.82, 2.24) is 9.88 Å². The molecule has 1 aromatic heterocycles. The van der Waals surface area contributed by atoms with Crippen LogP contribution in [-0.2, 0) is 16.0 Å². The normalized spacial score (nSPS) is 27.5. The second-order valence-electron chi connectivity index (χ2n) is 6.80. The average Bonchev–Trinajstić information content (AvgIpc) is 2.62. The highest BCUT2D eigenvalue weighted by Crippen LogP contribution is 2.41. The van der Waals surface area contributed by atoms with Crippen LogP contribution in [-0.4, -0.2) is 56.0 Å². The summed E-state index contributed by atoms with van der Waals surface area (Å²) in [6.45, 7) is 8.85. The molecule has 3 rings (SSSR count). The minimum atomic E-state index is 0.0922. The van der Waals surface area contributed by atoms with Gasteiger partial charge in [0.05, 0.1) is 26.4 Å². The predicted octanol–water partition coefficient (Wildman–Crippen LogP) is 2.66. The topological polar surface area (TPSA) is 43.8 Å². The molecule has 3 heterocycles. The standard InChI is InChI=1S/C19H28N2O3/c1-3-11-23-15-19-8-5-12-24-17(19)7-10-21(14-19)13-16-6-4-9-20-18(16)22-2/h3-4,6,9,17H,1,5,7-8,10-15H2,2H3/t17-,19+/m0/s1. The summed E-state index contributed by atoms with van der Waals surface area (Å²) in [7, 11) is 1.68. The van der Waals surface area contributed by atoms with E-state index < -0.39 is 0 Å². The van der Waals surface area contributed by atoms with Crippen LogP contribution < -0.4 is 4.74 Å². The van der Waals surface area contributed by atoms with Gasteiger partial charge >= 0.3 is 0 Å². The third-order valence-electron chi connectivity index (χ3n) is 5.13. The van der Waals surface area contributed by atoms with Crippen LogP contribution in [0.3, 0.4) is 0 Å². The number of hydrogen-bond donors (Lipinski definition) is 0. The zero-order valence-electron chi connectivity index (χ0n) is 14.6. The average molecular weight is 332 g/mol. The molecule has 24 heavy (non-hydrogen) atoms. The smallest absolute Gasteiger partial charge is 0.217 e. The first kappa shape index (κ1) is 17.4. The van der Waals surface area contributed by atoms with E-state index in [0.29, 0.717) is 12.7 Å². The van der Waals surface area contributed by atoms with Crippen LogP contribution in [0.2, 0.25) is 0 Å². The maximum Gasteiger partial charge on any atom is 0.217 e. The number of ether oxygens (including phenoxy) is 3. The number of hydrogen-bond acceptors (Lipinski definition) is 5. The van der Waals surface area contributed by atoms with E-state index in [1.54, 1.807) is 13.3 Å². The lowest BCUT2D eigenvalue weighted by Crippen LogP contribution is -2.56. The summed E-state index contributed by atoms with van der Waals surface area (Å²) in [4.78, 5) is 6.80. The molecule has 2 saturated heterocycles. The van der Waals surface area contributed by atoms with Gasteiger partial charge in [-0.25, -0.2) is 4.98 Å². The van der Waals surface area contributed by atoms with Crippen LogP contribution in [0.4, 0.5) is 0 Å². The molecule has 0 spiro atoms. The van der Waals surface area contributed by atoms with Crippen molar-refractivity contribution in [3.63, 3.8) is 0 Å². The summed E-state index contributed by atoms with van der Waals surface area (Å²) >= 11 is 0. The van der Waals surface area contributed by atoms with Crippen molar-refractivity contribution in [2.45, 2.75) is 31.9 Å². The van der Waals surface area contributed by atoms with Crippen LogP contribution in [0.5, 0.6) is 5.88 Å². The highest BCUT2D eigenvalue weighted by Gasteiger charge is 2.46. The quantitative estimate of drug-likeness (QED) is 0.567. The van der Waals surface area contributed by atoms with Crippen LogP contribution in [0.25, 0.3) is 0 Å². The predicted molar refractivity (Wildman–Crippen MR) is 93.1 cm³/mol. The Kier molecular flexibility index (Phi) is 5.87. The summed E-state index contributed by atoms with van der Waals surface area (Å²) in [5, 5.41) is 0. The van der Waals surface area contributed by atoms with Crippen molar-refractivity contribution in [1.29, 1.82) is 0 Å². The van der Waals surface area contributed by atoms with E-state index in [2.05, 4.69) is 22.5 Å². The molecule has 2 aliphatic rings. The second-order valence-corrected chi connectivity index (χ2v) is 6.80. The number of aromatic nitrogens is 1. The van der Waals surface area contributed by atoms with Gasteiger partial charge in [-0.1, -0.05) is 12.1 Å². The van der Waals surface area contributed by atoms with Gasteiger partial charge in [-0.2, -0.15) is 0 Å². The van der Waals surface area contributed by atoms with Crippen LogP contribution in [0, 0.1) is 5.41 Å². The summed E-state index contributed by atoms with van der Waals surface area (Å²) in [6.07, 6.45) is 7.22. The number of rotatable bonds is 7. The lowest BCUT2D eigenvalue weighted by atomic mass is 9.73. The minimum absolute atomic E-state index is 0.0922. The van der Waals surface area contributed by atoms with Gasteiger partial charge < -0.3 is 14.2 Å². The maximum atomic E-state index is 6.09. The number of nitrogens with zero attached hydrogens (tertiary/aromatic N) is 2. The minimum Gasteiger partial charge on any atom is -0.481 e. The van der Waals surface area contributed by atoms with Gasteiger partial charge in [0.25, 0.3) is 0 Å². The fourth-order valence-corrected chi connectivity index (χ4v) is 4.04. The number of fused-ring (bicyclic) bond motifs is 1. The van der Waals surface area contributed by atoms with Gasteiger partial charge in [0.1, 0.15) is 0 Å². The summed E-state index contributed by atoms with van der Waals surface area (Å²) < 4.78 is 17.4. The van der Waals surface area contributed by atoms with E-state index in [1.807, 2.05) is 12.1 Å². The molecule has 2 fully saturated rings. The van der Waals surface area contributed by atoms with Gasteiger partial charge in [0.15, 0.2) is 0 Å².